The normalized spacial score (nSPS) is 18.2. The molecule has 0 atom stereocenters. The number of aromatic nitrogens is 3. The molecule has 0 amide bonds. The van der Waals surface area contributed by atoms with Gasteiger partial charge in [0.1, 0.15) is 17.5 Å². The van der Waals surface area contributed by atoms with E-state index in [0.717, 1.165) is 42.4 Å². The molecule has 1 saturated carbocycles. The zero-order valence-corrected chi connectivity index (χ0v) is 18.9. The van der Waals surface area contributed by atoms with Crippen LogP contribution in [0.2, 0.25) is 5.15 Å². The predicted molar refractivity (Wildman–Crippen MR) is 126 cm³/mol. The van der Waals surface area contributed by atoms with Crippen molar-refractivity contribution >= 4 is 17.6 Å². The van der Waals surface area contributed by atoms with Crippen molar-refractivity contribution in [2.75, 3.05) is 13.2 Å². The van der Waals surface area contributed by atoms with Crippen LogP contribution < -0.4 is 5.56 Å². The van der Waals surface area contributed by atoms with E-state index in [2.05, 4.69) is 4.98 Å². The first-order valence-electron chi connectivity index (χ1n) is 11.1. The molecule has 33 heavy (non-hydrogen) atoms. The lowest BCUT2D eigenvalue weighted by Gasteiger charge is -2.28. The Bertz CT molecular complexity index is 1140. The Balaban J connectivity index is 1.54. The van der Waals surface area contributed by atoms with E-state index >= 15 is 0 Å². The van der Waals surface area contributed by atoms with Gasteiger partial charge in [-0.05, 0) is 55.2 Å². The van der Waals surface area contributed by atoms with E-state index in [1.807, 2.05) is 36.4 Å². The molecule has 0 unspecified atom stereocenters. The fraction of sp³-hybridized carbons (Fsp3) is 0.360. The highest BCUT2D eigenvalue weighted by Crippen LogP contribution is 2.31. The van der Waals surface area contributed by atoms with Crippen LogP contribution in [0.5, 0.6) is 0 Å². The Labute approximate surface area is 197 Å². The van der Waals surface area contributed by atoms with Gasteiger partial charge in [0.05, 0.1) is 6.61 Å². The van der Waals surface area contributed by atoms with Gasteiger partial charge in [0, 0.05) is 29.9 Å². The lowest BCUT2D eigenvalue weighted by atomic mass is 9.82. The van der Waals surface area contributed by atoms with Gasteiger partial charge < -0.3 is 9.84 Å². The predicted octanol–water partition coefficient (Wildman–Crippen LogP) is 4.53. The molecule has 4 rings (SSSR count). The number of aliphatic carboxylic acids is 1. The minimum Gasteiger partial charge on any atom is -0.480 e. The summed E-state index contributed by atoms with van der Waals surface area (Å²) in [5.41, 5.74) is 3.04. The van der Waals surface area contributed by atoms with Gasteiger partial charge in [0.15, 0.2) is 0 Å². The van der Waals surface area contributed by atoms with Gasteiger partial charge in [-0.1, -0.05) is 41.9 Å². The van der Waals surface area contributed by atoms with Crippen LogP contribution in [0.25, 0.3) is 22.4 Å². The molecule has 172 valence electrons. The number of carboxylic acids is 1. The molecule has 1 aliphatic carbocycles. The molecule has 3 aromatic rings. The topological polar surface area (TPSA) is 94.3 Å². The van der Waals surface area contributed by atoms with Crippen LogP contribution in [-0.2, 0) is 16.1 Å². The summed E-state index contributed by atoms with van der Waals surface area (Å²) in [7, 11) is 0. The van der Waals surface area contributed by atoms with Crippen molar-refractivity contribution in [3.05, 3.63) is 70.2 Å². The number of ether oxygens (including phenoxy) is 1. The molecule has 8 heteroatoms. The lowest BCUT2D eigenvalue weighted by Crippen LogP contribution is -2.29. The molecule has 0 saturated heterocycles. The Kier molecular flexibility index (Phi) is 7.52. The Morgan fingerprint density at radius 2 is 1.79 bits per heavy atom. The molecule has 1 fully saturated rings. The number of hydrogen-bond acceptors (Lipinski definition) is 5. The average Bonchev–Trinajstić information content (AvgIpc) is 2.82. The monoisotopic (exact) mass is 467 g/mol. The van der Waals surface area contributed by atoms with Crippen molar-refractivity contribution in [1.29, 1.82) is 0 Å². The summed E-state index contributed by atoms with van der Waals surface area (Å²) < 4.78 is 6.81. The summed E-state index contributed by atoms with van der Waals surface area (Å²) in [6.07, 6.45) is 5.49. The van der Waals surface area contributed by atoms with Crippen molar-refractivity contribution in [2.24, 2.45) is 11.8 Å². The third kappa shape index (κ3) is 6.06. The molecule has 2 heterocycles. The molecular weight excluding hydrogens is 442 g/mol. The largest absolute Gasteiger partial charge is 0.480 e. The second kappa shape index (κ2) is 10.7. The molecular formula is C25H26ClN3O4. The average molecular weight is 468 g/mol. The van der Waals surface area contributed by atoms with Crippen LogP contribution in [-0.4, -0.2) is 39.1 Å². The van der Waals surface area contributed by atoms with E-state index in [-0.39, 0.29) is 12.2 Å². The molecule has 0 aliphatic heterocycles. The van der Waals surface area contributed by atoms with Crippen LogP contribution in [0, 0.1) is 11.8 Å². The standard InChI is InChI=1S/C25H26ClN3O4/c26-22-11-10-20(13-27-22)25-21(19-4-2-1-3-5-19)12-23(30)29(28-25)14-17-6-8-18(9-7-17)15-33-16-24(31)32/h1-5,10-13,17-18H,6-9,14-16H2,(H,31,32)/t17-,18-. The quantitative estimate of drug-likeness (QED) is 0.489. The number of halogens is 1. The van der Waals surface area contributed by atoms with Crippen molar-refractivity contribution < 1.29 is 14.6 Å². The van der Waals surface area contributed by atoms with Gasteiger partial charge in [0.25, 0.3) is 5.56 Å². The molecule has 1 aromatic carbocycles. The van der Waals surface area contributed by atoms with Gasteiger partial charge in [0.2, 0.25) is 0 Å². The number of nitrogens with zero attached hydrogens (tertiary/aromatic N) is 3. The van der Waals surface area contributed by atoms with Gasteiger partial charge in [-0.25, -0.2) is 14.5 Å². The number of carboxylic acid groups (broad SMARTS) is 1. The molecule has 2 aromatic heterocycles. The van der Waals surface area contributed by atoms with E-state index in [1.165, 1.54) is 0 Å². The van der Waals surface area contributed by atoms with Crippen LogP contribution in [0.1, 0.15) is 25.7 Å². The smallest absolute Gasteiger partial charge is 0.329 e. The number of carbonyl (C=O) groups is 1. The number of benzene rings is 1. The van der Waals surface area contributed by atoms with Crippen molar-refractivity contribution in [1.82, 2.24) is 14.8 Å². The summed E-state index contributed by atoms with van der Waals surface area (Å²) in [4.78, 5) is 27.8. The maximum absolute atomic E-state index is 13.0. The summed E-state index contributed by atoms with van der Waals surface area (Å²) in [6.45, 7) is 0.761. The first kappa shape index (κ1) is 23.1. The molecule has 1 N–H and O–H groups in total. The summed E-state index contributed by atoms with van der Waals surface area (Å²) in [6, 6.07) is 15.0. The van der Waals surface area contributed by atoms with Crippen LogP contribution in [0.3, 0.4) is 0 Å². The summed E-state index contributed by atoms with van der Waals surface area (Å²) >= 11 is 5.98. The van der Waals surface area contributed by atoms with E-state index in [0.29, 0.717) is 35.8 Å². The summed E-state index contributed by atoms with van der Waals surface area (Å²) in [5.74, 6) is -0.245. The second-order valence-electron chi connectivity index (χ2n) is 8.46. The summed E-state index contributed by atoms with van der Waals surface area (Å²) in [5, 5.41) is 13.9. The fourth-order valence-electron chi connectivity index (χ4n) is 4.33. The highest BCUT2D eigenvalue weighted by molar-refractivity contribution is 6.29. The third-order valence-corrected chi connectivity index (χ3v) is 6.28. The van der Waals surface area contributed by atoms with Gasteiger partial charge in [-0.3, -0.25) is 4.79 Å². The molecule has 0 bridgehead atoms. The van der Waals surface area contributed by atoms with Crippen molar-refractivity contribution in [3.8, 4) is 22.4 Å². The number of pyridine rings is 1. The van der Waals surface area contributed by atoms with E-state index in [4.69, 9.17) is 26.5 Å². The van der Waals surface area contributed by atoms with E-state index < -0.39 is 5.97 Å². The van der Waals surface area contributed by atoms with Crippen LogP contribution in [0.4, 0.5) is 0 Å². The Morgan fingerprint density at radius 3 is 2.45 bits per heavy atom. The zero-order chi connectivity index (χ0) is 23.2. The van der Waals surface area contributed by atoms with E-state index in [1.54, 1.807) is 23.0 Å². The van der Waals surface area contributed by atoms with Gasteiger partial charge in [-0.2, -0.15) is 5.10 Å². The fourth-order valence-corrected chi connectivity index (χ4v) is 4.44. The number of hydrogen-bond donors (Lipinski definition) is 1. The highest BCUT2D eigenvalue weighted by Gasteiger charge is 2.23. The molecule has 0 spiro atoms. The molecule has 1 aliphatic rings. The molecule has 7 nitrogen and oxygen atoms in total. The van der Waals surface area contributed by atoms with Gasteiger partial charge >= 0.3 is 5.97 Å². The van der Waals surface area contributed by atoms with Crippen LogP contribution in [0.15, 0.2) is 59.5 Å². The van der Waals surface area contributed by atoms with Crippen molar-refractivity contribution in [2.45, 2.75) is 32.2 Å². The maximum atomic E-state index is 13.0. The van der Waals surface area contributed by atoms with Crippen molar-refractivity contribution in [3.63, 3.8) is 0 Å². The van der Waals surface area contributed by atoms with Crippen LogP contribution >= 0.6 is 11.6 Å². The number of rotatable bonds is 8. The Hall–Kier alpha value is -3.03. The third-order valence-electron chi connectivity index (χ3n) is 6.06. The minimum absolute atomic E-state index is 0.133. The minimum atomic E-state index is -0.945. The van der Waals surface area contributed by atoms with E-state index in [9.17, 15) is 9.59 Å². The van der Waals surface area contributed by atoms with Gasteiger partial charge in [-0.15, -0.1) is 0 Å². The first-order chi connectivity index (χ1) is 16.0. The zero-order valence-electron chi connectivity index (χ0n) is 18.2. The first-order valence-corrected chi connectivity index (χ1v) is 11.5. The second-order valence-corrected chi connectivity index (χ2v) is 8.85. The lowest BCUT2D eigenvalue weighted by molar-refractivity contribution is -0.142. The SMILES string of the molecule is O=C(O)COC[C@H]1CC[C@H](Cn2nc(-c3ccc(Cl)nc3)c(-c3ccccc3)cc2=O)CC1. The highest BCUT2D eigenvalue weighted by atomic mass is 35.5. The Morgan fingerprint density at radius 1 is 1.06 bits per heavy atom. The maximum Gasteiger partial charge on any atom is 0.329 e. The molecule has 0 radical (unpaired) electrons.